The first kappa shape index (κ1) is 18.6. The highest BCUT2D eigenvalue weighted by Crippen LogP contribution is 2.28. The summed E-state index contributed by atoms with van der Waals surface area (Å²) in [5.41, 5.74) is 5.95. The number of fused-ring (bicyclic) bond motifs is 5. The number of carbonyl (C=O) groups excluding carboxylic acids is 1. The molecule has 0 fully saturated rings. The molecule has 2 aromatic heterocycles. The molecule has 6 heteroatoms. The molecule has 0 spiro atoms. The Morgan fingerprint density at radius 2 is 1.67 bits per heavy atom. The van der Waals surface area contributed by atoms with E-state index in [1.54, 1.807) is 0 Å². The summed E-state index contributed by atoms with van der Waals surface area (Å²) < 4.78 is 2.05. The second-order valence-electron chi connectivity index (χ2n) is 7.22. The second kappa shape index (κ2) is 7.80. The van der Waals surface area contributed by atoms with Crippen molar-refractivity contribution in [3.05, 3.63) is 83.9 Å². The van der Waals surface area contributed by atoms with E-state index in [4.69, 9.17) is 9.97 Å². The number of thioether (sulfide) groups is 1. The van der Waals surface area contributed by atoms with Crippen molar-refractivity contribution in [3.63, 3.8) is 0 Å². The molecule has 0 saturated heterocycles. The van der Waals surface area contributed by atoms with Gasteiger partial charge in [-0.15, -0.1) is 0 Å². The number of nitrogens with one attached hydrogen (secondary N) is 1. The maximum absolute atomic E-state index is 12.5. The highest BCUT2D eigenvalue weighted by atomic mass is 32.2. The number of para-hydroxylation sites is 3. The van der Waals surface area contributed by atoms with Gasteiger partial charge in [-0.1, -0.05) is 65.9 Å². The van der Waals surface area contributed by atoms with E-state index in [0.717, 1.165) is 38.3 Å². The molecule has 0 unspecified atom stereocenters. The Labute approximate surface area is 178 Å². The van der Waals surface area contributed by atoms with Crippen molar-refractivity contribution in [3.8, 4) is 0 Å². The zero-order valence-electron chi connectivity index (χ0n) is 16.5. The van der Waals surface area contributed by atoms with Crippen LogP contribution in [-0.2, 0) is 11.3 Å². The molecule has 148 valence electrons. The van der Waals surface area contributed by atoms with Crippen molar-refractivity contribution in [2.45, 2.75) is 18.6 Å². The summed E-state index contributed by atoms with van der Waals surface area (Å²) in [6.07, 6.45) is 0. The molecule has 0 radical (unpaired) electrons. The number of aromatic nitrogens is 3. The smallest absolute Gasteiger partial charge is 0.230 e. The fourth-order valence-corrected chi connectivity index (χ4v) is 4.34. The largest absolute Gasteiger partial charge is 0.351 e. The minimum Gasteiger partial charge on any atom is -0.351 e. The number of amides is 1. The summed E-state index contributed by atoms with van der Waals surface area (Å²) in [5, 5.41) is 4.76. The van der Waals surface area contributed by atoms with E-state index in [0.29, 0.717) is 12.3 Å². The van der Waals surface area contributed by atoms with Crippen LogP contribution in [0.1, 0.15) is 11.1 Å². The zero-order valence-corrected chi connectivity index (χ0v) is 17.3. The van der Waals surface area contributed by atoms with Crippen LogP contribution in [0.3, 0.4) is 0 Å². The molecule has 5 aromatic rings. The first-order chi connectivity index (χ1) is 14.7. The van der Waals surface area contributed by atoms with Crippen LogP contribution in [0.15, 0.2) is 78.0 Å². The van der Waals surface area contributed by atoms with Gasteiger partial charge in [-0.3, -0.25) is 9.20 Å². The van der Waals surface area contributed by atoms with E-state index < -0.39 is 0 Å². The van der Waals surface area contributed by atoms with Gasteiger partial charge in [0.15, 0.2) is 5.16 Å². The molecule has 0 aliphatic heterocycles. The van der Waals surface area contributed by atoms with Crippen LogP contribution >= 0.6 is 11.8 Å². The Hall–Kier alpha value is -3.38. The Balaban J connectivity index is 1.43. The van der Waals surface area contributed by atoms with Gasteiger partial charge in [0.25, 0.3) is 0 Å². The summed E-state index contributed by atoms with van der Waals surface area (Å²) in [6.45, 7) is 2.57. The van der Waals surface area contributed by atoms with Gasteiger partial charge < -0.3 is 5.32 Å². The third kappa shape index (κ3) is 3.50. The molecule has 5 nitrogen and oxygen atoms in total. The van der Waals surface area contributed by atoms with Gasteiger partial charge in [-0.2, -0.15) is 0 Å². The molecule has 0 aliphatic rings. The standard InChI is InChI=1S/C24H20N4OS/c1-16-10-12-17(13-11-16)14-25-22(29)15-30-24-27-19-7-3-2-6-18(19)23-26-20-8-4-5-9-21(20)28(23)24/h2-13H,14-15H2,1H3,(H,25,29). The van der Waals surface area contributed by atoms with Crippen molar-refractivity contribution in [2.24, 2.45) is 0 Å². The predicted molar refractivity (Wildman–Crippen MR) is 122 cm³/mol. The van der Waals surface area contributed by atoms with Gasteiger partial charge in [0.2, 0.25) is 5.91 Å². The average Bonchev–Trinajstić information content (AvgIpc) is 3.17. The normalized spacial score (nSPS) is 11.4. The molecule has 2 heterocycles. The monoisotopic (exact) mass is 412 g/mol. The third-order valence-corrected chi connectivity index (χ3v) is 5.99. The van der Waals surface area contributed by atoms with Crippen molar-refractivity contribution in [1.82, 2.24) is 19.7 Å². The first-order valence-electron chi connectivity index (χ1n) is 9.80. The molecule has 1 N–H and O–H groups in total. The number of hydrogen-bond donors (Lipinski definition) is 1. The topological polar surface area (TPSA) is 59.3 Å². The third-order valence-electron chi connectivity index (χ3n) is 5.06. The zero-order chi connectivity index (χ0) is 20.5. The van der Waals surface area contributed by atoms with Gasteiger partial charge in [0.05, 0.1) is 22.3 Å². The number of hydrogen-bond acceptors (Lipinski definition) is 4. The van der Waals surface area contributed by atoms with Gasteiger partial charge in [0.1, 0.15) is 5.65 Å². The molecule has 1 amide bonds. The Morgan fingerprint density at radius 1 is 0.933 bits per heavy atom. The minimum atomic E-state index is -0.0203. The van der Waals surface area contributed by atoms with Gasteiger partial charge >= 0.3 is 0 Å². The molecular formula is C24H20N4OS. The van der Waals surface area contributed by atoms with Crippen LogP contribution in [0.5, 0.6) is 0 Å². The SMILES string of the molecule is Cc1ccc(CNC(=O)CSc2nc3ccccc3c3nc4ccccc4n23)cc1. The van der Waals surface area contributed by atoms with Gasteiger partial charge in [-0.05, 0) is 36.8 Å². The lowest BCUT2D eigenvalue weighted by Gasteiger charge is -2.09. The fraction of sp³-hybridized carbons (Fsp3) is 0.125. The maximum atomic E-state index is 12.5. The Morgan fingerprint density at radius 3 is 2.50 bits per heavy atom. The number of imidazole rings is 1. The number of rotatable bonds is 5. The summed E-state index contributed by atoms with van der Waals surface area (Å²) >= 11 is 1.43. The van der Waals surface area contributed by atoms with Gasteiger partial charge in [-0.25, -0.2) is 9.97 Å². The van der Waals surface area contributed by atoms with Crippen LogP contribution in [0.4, 0.5) is 0 Å². The van der Waals surface area contributed by atoms with Crippen molar-refractivity contribution < 1.29 is 4.79 Å². The van der Waals surface area contributed by atoms with E-state index in [1.807, 2.05) is 60.7 Å². The molecule has 0 bridgehead atoms. The fourth-order valence-electron chi connectivity index (χ4n) is 3.50. The predicted octanol–water partition coefficient (Wildman–Crippen LogP) is 4.75. The molecule has 3 aromatic carbocycles. The van der Waals surface area contributed by atoms with Crippen molar-refractivity contribution >= 4 is 45.3 Å². The quantitative estimate of drug-likeness (QED) is 0.334. The lowest BCUT2D eigenvalue weighted by Crippen LogP contribution is -2.24. The van der Waals surface area contributed by atoms with Crippen molar-refractivity contribution in [1.29, 1.82) is 0 Å². The summed E-state index contributed by atoms with van der Waals surface area (Å²) in [5.74, 6) is 0.270. The second-order valence-corrected chi connectivity index (χ2v) is 8.16. The average molecular weight is 413 g/mol. The Bertz CT molecular complexity index is 1380. The Kier molecular flexibility index (Phi) is 4.85. The molecular weight excluding hydrogens is 392 g/mol. The minimum absolute atomic E-state index is 0.0203. The van der Waals surface area contributed by atoms with E-state index in [-0.39, 0.29) is 5.91 Å². The van der Waals surface area contributed by atoms with Crippen LogP contribution < -0.4 is 5.32 Å². The number of carbonyl (C=O) groups is 1. The molecule has 5 rings (SSSR count). The number of nitrogens with zero attached hydrogens (tertiary/aromatic N) is 3. The number of benzene rings is 3. The lowest BCUT2D eigenvalue weighted by molar-refractivity contribution is -0.118. The van der Waals surface area contributed by atoms with Crippen LogP contribution in [-0.4, -0.2) is 26.0 Å². The van der Waals surface area contributed by atoms with Crippen LogP contribution in [0.25, 0.3) is 27.6 Å². The first-order valence-corrected chi connectivity index (χ1v) is 10.8. The maximum Gasteiger partial charge on any atom is 0.230 e. The summed E-state index contributed by atoms with van der Waals surface area (Å²) in [7, 11) is 0. The van der Waals surface area contributed by atoms with Crippen LogP contribution in [0.2, 0.25) is 0 Å². The summed E-state index contributed by atoms with van der Waals surface area (Å²) in [4.78, 5) is 22.1. The van der Waals surface area contributed by atoms with E-state index in [2.05, 4.69) is 28.8 Å². The molecule has 0 aliphatic carbocycles. The van der Waals surface area contributed by atoms with Crippen LogP contribution in [0, 0.1) is 6.92 Å². The van der Waals surface area contributed by atoms with E-state index in [9.17, 15) is 4.79 Å². The molecule has 0 saturated carbocycles. The molecule has 0 atom stereocenters. The van der Waals surface area contributed by atoms with Gasteiger partial charge in [0, 0.05) is 11.9 Å². The van der Waals surface area contributed by atoms with Crippen molar-refractivity contribution in [2.75, 3.05) is 5.75 Å². The number of aryl methyl sites for hydroxylation is 1. The highest BCUT2D eigenvalue weighted by Gasteiger charge is 2.15. The molecule has 30 heavy (non-hydrogen) atoms. The highest BCUT2D eigenvalue weighted by molar-refractivity contribution is 7.99. The summed E-state index contributed by atoms with van der Waals surface area (Å²) in [6, 6.07) is 24.2. The van der Waals surface area contributed by atoms with E-state index >= 15 is 0 Å². The lowest BCUT2D eigenvalue weighted by atomic mass is 10.1. The van der Waals surface area contributed by atoms with E-state index in [1.165, 1.54) is 17.3 Å².